The number of amides is 1. The van der Waals surface area contributed by atoms with Crippen molar-refractivity contribution < 1.29 is 9.18 Å². The minimum absolute atomic E-state index is 0.250. The molecule has 6 heteroatoms. The quantitative estimate of drug-likeness (QED) is 0.323. The molecule has 4 aromatic rings. The van der Waals surface area contributed by atoms with E-state index in [1.54, 1.807) is 30.5 Å². The number of carbonyl (C=O) groups excluding carboxylic acids is 1. The van der Waals surface area contributed by atoms with Gasteiger partial charge >= 0.3 is 0 Å². The van der Waals surface area contributed by atoms with E-state index >= 15 is 0 Å². The van der Waals surface area contributed by atoms with Crippen LogP contribution >= 0.6 is 15.9 Å². The first-order chi connectivity index (χ1) is 14.1. The van der Waals surface area contributed by atoms with Gasteiger partial charge in [0.05, 0.1) is 6.21 Å². The summed E-state index contributed by atoms with van der Waals surface area (Å²) in [7, 11) is 0. The number of hydrogen-bond acceptors (Lipinski definition) is 2. The molecule has 1 heterocycles. The van der Waals surface area contributed by atoms with Crippen molar-refractivity contribution in [3.8, 4) is 0 Å². The van der Waals surface area contributed by atoms with Crippen LogP contribution in [-0.4, -0.2) is 16.7 Å². The van der Waals surface area contributed by atoms with Crippen molar-refractivity contribution in [2.24, 2.45) is 5.10 Å². The van der Waals surface area contributed by atoms with Crippen LogP contribution in [0.3, 0.4) is 0 Å². The lowest BCUT2D eigenvalue weighted by atomic mass is 10.2. The van der Waals surface area contributed by atoms with Crippen molar-refractivity contribution in [3.63, 3.8) is 0 Å². The number of nitrogens with one attached hydrogen (secondary N) is 1. The molecule has 0 radical (unpaired) electrons. The van der Waals surface area contributed by atoms with Crippen molar-refractivity contribution in [3.05, 3.63) is 106 Å². The van der Waals surface area contributed by atoms with Gasteiger partial charge in [-0.25, -0.2) is 9.82 Å². The molecule has 4 rings (SSSR count). The highest BCUT2D eigenvalue weighted by molar-refractivity contribution is 9.10. The summed E-state index contributed by atoms with van der Waals surface area (Å²) in [6.07, 6.45) is 3.61. The Morgan fingerprint density at radius 1 is 1.03 bits per heavy atom. The average Bonchev–Trinajstić information content (AvgIpc) is 3.08. The predicted molar refractivity (Wildman–Crippen MR) is 117 cm³/mol. The first kappa shape index (κ1) is 19.1. The van der Waals surface area contributed by atoms with Gasteiger partial charge in [-0.15, -0.1) is 0 Å². The number of hydrogen-bond donors (Lipinski definition) is 1. The largest absolute Gasteiger partial charge is 0.342 e. The van der Waals surface area contributed by atoms with E-state index in [9.17, 15) is 9.18 Å². The topological polar surface area (TPSA) is 46.4 Å². The Hall–Kier alpha value is -3.25. The second-order valence-electron chi connectivity index (χ2n) is 6.56. The van der Waals surface area contributed by atoms with Gasteiger partial charge in [-0.3, -0.25) is 4.79 Å². The molecule has 3 aromatic carbocycles. The number of carbonyl (C=O) groups is 1. The number of rotatable bonds is 5. The molecule has 144 valence electrons. The molecule has 0 aliphatic carbocycles. The number of para-hydroxylation sites is 1. The van der Waals surface area contributed by atoms with Crippen molar-refractivity contribution in [2.45, 2.75) is 6.54 Å². The third-order valence-electron chi connectivity index (χ3n) is 4.56. The van der Waals surface area contributed by atoms with Crippen molar-refractivity contribution in [1.29, 1.82) is 0 Å². The minimum Gasteiger partial charge on any atom is -0.342 e. The van der Waals surface area contributed by atoms with Gasteiger partial charge in [-0.2, -0.15) is 5.10 Å². The zero-order valence-electron chi connectivity index (χ0n) is 15.3. The van der Waals surface area contributed by atoms with Crippen LogP contribution in [0.2, 0.25) is 0 Å². The van der Waals surface area contributed by atoms with E-state index in [1.807, 2.05) is 42.6 Å². The van der Waals surface area contributed by atoms with Crippen molar-refractivity contribution >= 4 is 39.0 Å². The van der Waals surface area contributed by atoms with Crippen LogP contribution in [-0.2, 0) is 6.54 Å². The highest BCUT2D eigenvalue weighted by Crippen LogP contribution is 2.21. The number of hydrazone groups is 1. The van der Waals surface area contributed by atoms with Gasteiger partial charge in [0.2, 0.25) is 0 Å². The lowest BCUT2D eigenvalue weighted by molar-refractivity contribution is 0.0955. The Bertz CT molecular complexity index is 1180. The van der Waals surface area contributed by atoms with Gasteiger partial charge in [-0.1, -0.05) is 46.3 Å². The first-order valence-electron chi connectivity index (χ1n) is 9.01. The maximum Gasteiger partial charge on any atom is 0.271 e. The summed E-state index contributed by atoms with van der Waals surface area (Å²) in [5, 5.41) is 5.15. The molecule has 0 saturated carbocycles. The summed E-state index contributed by atoms with van der Waals surface area (Å²) in [4.78, 5) is 12.2. The molecule has 1 N–H and O–H groups in total. The third kappa shape index (κ3) is 4.43. The molecule has 0 atom stereocenters. The summed E-state index contributed by atoms with van der Waals surface area (Å²) in [6.45, 7) is 0.611. The lowest BCUT2D eigenvalue weighted by Crippen LogP contribution is -2.17. The lowest BCUT2D eigenvalue weighted by Gasteiger charge is -2.05. The van der Waals surface area contributed by atoms with E-state index in [4.69, 9.17) is 0 Å². The zero-order valence-corrected chi connectivity index (χ0v) is 16.9. The smallest absolute Gasteiger partial charge is 0.271 e. The molecule has 4 nitrogen and oxygen atoms in total. The Morgan fingerprint density at radius 3 is 2.52 bits per heavy atom. The minimum atomic E-state index is -0.274. The van der Waals surface area contributed by atoms with Gasteiger partial charge in [0.25, 0.3) is 5.91 Å². The molecule has 0 aliphatic rings. The maximum absolute atomic E-state index is 13.2. The fraction of sp³-hybridized carbons (Fsp3) is 0.0435. The fourth-order valence-corrected chi connectivity index (χ4v) is 3.39. The number of halogens is 2. The van der Waals surface area contributed by atoms with Crippen LogP contribution in [0.4, 0.5) is 4.39 Å². The summed E-state index contributed by atoms with van der Waals surface area (Å²) in [6, 6.07) is 21.5. The van der Waals surface area contributed by atoms with Gasteiger partial charge in [0, 0.05) is 39.2 Å². The summed E-state index contributed by atoms with van der Waals surface area (Å²) in [5.74, 6) is -0.524. The van der Waals surface area contributed by atoms with Gasteiger partial charge in [0.15, 0.2) is 0 Å². The van der Waals surface area contributed by atoms with Crippen LogP contribution in [0.25, 0.3) is 10.9 Å². The van der Waals surface area contributed by atoms with Crippen LogP contribution in [0.1, 0.15) is 21.5 Å². The molecule has 0 fully saturated rings. The summed E-state index contributed by atoms with van der Waals surface area (Å²) < 4.78 is 16.2. The van der Waals surface area contributed by atoms with Gasteiger partial charge in [-0.05, 0) is 48.0 Å². The monoisotopic (exact) mass is 449 g/mol. The van der Waals surface area contributed by atoms with Gasteiger partial charge < -0.3 is 4.57 Å². The highest BCUT2D eigenvalue weighted by atomic mass is 79.9. The second-order valence-corrected chi connectivity index (χ2v) is 7.48. The fourth-order valence-electron chi connectivity index (χ4n) is 3.12. The van der Waals surface area contributed by atoms with E-state index in [0.717, 1.165) is 26.5 Å². The molecular weight excluding hydrogens is 433 g/mol. The summed E-state index contributed by atoms with van der Waals surface area (Å²) >= 11 is 3.35. The SMILES string of the molecule is O=C(N/N=C\c1cn(Cc2ccc(F)cc2)c2ccccc12)c1ccc(Br)cc1. The Kier molecular flexibility index (Phi) is 5.53. The van der Waals surface area contributed by atoms with Gasteiger partial charge in [0.1, 0.15) is 5.82 Å². The average molecular weight is 450 g/mol. The van der Waals surface area contributed by atoms with E-state index in [1.165, 1.54) is 12.1 Å². The Balaban J connectivity index is 1.55. The molecule has 0 saturated heterocycles. The number of fused-ring (bicyclic) bond motifs is 1. The maximum atomic E-state index is 13.2. The number of nitrogens with zero attached hydrogens (tertiary/aromatic N) is 2. The van der Waals surface area contributed by atoms with E-state index < -0.39 is 0 Å². The van der Waals surface area contributed by atoms with Crippen molar-refractivity contribution in [2.75, 3.05) is 0 Å². The van der Waals surface area contributed by atoms with Crippen molar-refractivity contribution in [1.82, 2.24) is 9.99 Å². The second kappa shape index (κ2) is 8.41. The first-order valence-corrected chi connectivity index (χ1v) is 9.81. The van der Waals surface area contributed by atoms with E-state index in [0.29, 0.717) is 12.1 Å². The summed E-state index contributed by atoms with van der Waals surface area (Å²) in [5.41, 5.74) is 6.02. The predicted octanol–water partition coefficient (Wildman–Crippen LogP) is 5.36. The highest BCUT2D eigenvalue weighted by Gasteiger charge is 2.08. The van der Waals surface area contributed by atoms with Crippen LogP contribution in [0.5, 0.6) is 0 Å². The Morgan fingerprint density at radius 2 is 1.76 bits per heavy atom. The van der Waals surface area contributed by atoms with E-state index in [2.05, 4.69) is 31.0 Å². The molecule has 0 bridgehead atoms. The molecule has 1 aromatic heterocycles. The molecule has 0 aliphatic heterocycles. The van der Waals surface area contributed by atoms with Crippen LogP contribution < -0.4 is 5.43 Å². The Labute approximate surface area is 175 Å². The molecule has 0 spiro atoms. The standard InChI is InChI=1S/C23H17BrFN3O/c24-19-9-7-17(8-10-19)23(29)27-26-13-18-15-28(22-4-2-1-3-21(18)22)14-16-5-11-20(25)12-6-16/h1-13,15H,14H2,(H,27,29)/b26-13-. The normalized spacial score (nSPS) is 11.2. The zero-order chi connectivity index (χ0) is 20.2. The molecule has 0 unspecified atom stereocenters. The molecule has 29 heavy (non-hydrogen) atoms. The van der Waals surface area contributed by atoms with Crippen LogP contribution in [0.15, 0.2) is 88.6 Å². The number of aromatic nitrogens is 1. The van der Waals surface area contributed by atoms with E-state index in [-0.39, 0.29) is 11.7 Å². The molecule has 1 amide bonds. The third-order valence-corrected chi connectivity index (χ3v) is 5.09. The molecular formula is C23H17BrFN3O. The van der Waals surface area contributed by atoms with Crippen LogP contribution in [0, 0.1) is 5.82 Å². The number of benzene rings is 3.